The van der Waals surface area contributed by atoms with E-state index in [1.165, 1.54) is 64.2 Å². The maximum absolute atomic E-state index is 12.6. The lowest BCUT2D eigenvalue weighted by Gasteiger charge is -2.34. The summed E-state index contributed by atoms with van der Waals surface area (Å²) in [6, 6.07) is -0.720. The molecule has 45 heavy (non-hydrogen) atoms. The number of carbonyl (C=O) groups is 3. The van der Waals surface area contributed by atoms with Gasteiger partial charge in [0.25, 0.3) is 0 Å². The summed E-state index contributed by atoms with van der Waals surface area (Å²) < 4.78 is 17.0. The zero-order chi connectivity index (χ0) is 33.6. The average Bonchev–Trinajstić information content (AvgIpc) is 2.98. The molecule has 0 aromatic rings. The lowest BCUT2D eigenvalue weighted by molar-refractivity contribution is -0.889. The van der Waals surface area contributed by atoms with Crippen molar-refractivity contribution in [2.45, 2.75) is 167 Å². The summed E-state index contributed by atoms with van der Waals surface area (Å²) in [5.74, 6) is -1.75. The fraction of sp³-hybridized carbons (Fsp3) is 0.865. The highest BCUT2D eigenvalue weighted by Crippen LogP contribution is 2.13. The van der Waals surface area contributed by atoms with Crippen LogP contribution in [0.5, 0.6) is 0 Å². The van der Waals surface area contributed by atoms with Gasteiger partial charge >= 0.3 is 11.9 Å². The van der Waals surface area contributed by atoms with Crippen LogP contribution in [0.3, 0.4) is 0 Å². The van der Waals surface area contributed by atoms with Crippen LogP contribution in [0.15, 0.2) is 12.2 Å². The Morgan fingerprint density at radius 1 is 0.644 bits per heavy atom. The quantitative estimate of drug-likeness (QED) is 0.0326. The van der Waals surface area contributed by atoms with Crippen LogP contribution in [0, 0.1) is 0 Å². The van der Waals surface area contributed by atoms with E-state index >= 15 is 0 Å². The van der Waals surface area contributed by atoms with Gasteiger partial charge in [0.1, 0.15) is 12.6 Å². The lowest BCUT2D eigenvalue weighted by atomic mass is 10.1. The van der Waals surface area contributed by atoms with Gasteiger partial charge in [-0.25, -0.2) is 0 Å². The summed E-state index contributed by atoms with van der Waals surface area (Å²) in [4.78, 5) is 36.5. The number of quaternary nitrogens is 1. The molecule has 0 N–H and O–H groups in total. The van der Waals surface area contributed by atoms with Crippen LogP contribution < -0.4 is 5.11 Å². The number of aliphatic carboxylic acids is 1. The summed E-state index contributed by atoms with van der Waals surface area (Å²) in [5, 5.41) is 11.5. The van der Waals surface area contributed by atoms with E-state index in [1.807, 2.05) is 0 Å². The molecule has 0 aromatic carbocycles. The Bertz CT molecular complexity index is 762. The van der Waals surface area contributed by atoms with Crippen molar-refractivity contribution in [3.8, 4) is 0 Å². The third-order valence-electron chi connectivity index (χ3n) is 8.15. The highest BCUT2D eigenvalue weighted by atomic mass is 16.6. The summed E-state index contributed by atoms with van der Waals surface area (Å²) >= 11 is 0. The molecule has 0 amide bonds. The number of rotatable bonds is 32. The topological polar surface area (TPSA) is 102 Å². The molecule has 0 aromatic heterocycles. The lowest BCUT2D eigenvalue weighted by Crippen LogP contribution is -2.55. The maximum atomic E-state index is 12.6. The van der Waals surface area contributed by atoms with Crippen molar-refractivity contribution in [1.82, 2.24) is 0 Å². The number of carboxylic acid groups (broad SMARTS) is 1. The Morgan fingerprint density at radius 2 is 1.13 bits per heavy atom. The number of hydrogen-bond donors (Lipinski definition) is 0. The largest absolute Gasteiger partial charge is 0.544 e. The van der Waals surface area contributed by atoms with Gasteiger partial charge in [-0.05, 0) is 32.1 Å². The maximum Gasteiger partial charge on any atom is 0.306 e. The van der Waals surface area contributed by atoms with Crippen LogP contribution in [-0.2, 0) is 28.6 Å². The number of likely N-dealkylation sites (N-methyl/N-ethyl adjacent to an activating group) is 1. The number of unbranched alkanes of at least 4 members (excludes halogenated alkanes) is 16. The van der Waals surface area contributed by atoms with Crippen LogP contribution in [0.25, 0.3) is 0 Å². The normalized spacial score (nSPS) is 13.2. The van der Waals surface area contributed by atoms with E-state index in [1.54, 1.807) is 21.1 Å². The van der Waals surface area contributed by atoms with Gasteiger partial charge in [0.15, 0.2) is 6.10 Å². The Labute approximate surface area is 276 Å². The summed E-state index contributed by atoms with van der Waals surface area (Å²) in [5.41, 5.74) is 0. The first-order valence-corrected chi connectivity index (χ1v) is 18.2. The summed E-state index contributed by atoms with van der Waals surface area (Å²) in [6.07, 6.45) is 26.6. The number of ether oxygens (including phenoxy) is 3. The SMILES string of the molecule is CCCC/C=C/CCCCCCC(=O)OCC(COCCC(C(=O)[O-])[N+](C)(C)C)OC(=O)CCCCCCCCCCCCC. The molecule has 8 nitrogen and oxygen atoms in total. The van der Waals surface area contributed by atoms with Crippen LogP contribution in [0.1, 0.15) is 155 Å². The van der Waals surface area contributed by atoms with Gasteiger partial charge in [-0.15, -0.1) is 0 Å². The first-order chi connectivity index (χ1) is 21.6. The van der Waals surface area contributed by atoms with E-state index in [-0.39, 0.29) is 42.7 Å². The van der Waals surface area contributed by atoms with Gasteiger partial charge in [0, 0.05) is 19.3 Å². The number of nitrogens with zero attached hydrogens (tertiary/aromatic N) is 1. The second-order valence-corrected chi connectivity index (χ2v) is 13.5. The fourth-order valence-electron chi connectivity index (χ4n) is 5.23. The Kier molecular flexibility index (Phi) is 28.2. The number of hydrogen-bond acceptors (Lipinski definition) is 7. The summed E-state index contributed by atoms with van der Waals surface area (Å²) in [7, 11) is 5.39. The highest BCUT2D eigenvalue weighted by Gasteiger charge is 2.25. The molecule has 8 heteroatoms. The van der Waals surface area contributed by atoms with Crippen molar-refractivity contribution < 1.29 is 38.2 Å². The Morgan fingerprint density at radius 3 is 1.67 bits per heavy atom. The van der Waals surface area contributed by atoms with Gasteiger partial charge in [-0.1, -0.05) is 116 Å². The fourth-order valence-corrected chi connectivity index (χ4v) is 5.23. The molecule has 0 rings (SSSR count). The molecule has 264 valence electrons. The minimum atomic E-state index is -1.13. The van der Waals surface area contributed by atoms with Crippen LogP contribution in [0.4, 0.5) is 0 Å². The predicted molar refractivity (Wildman–Crippen MR) is 181 cm³/mol. The van der Waals surface area contributed by atoms with Crippen molar-refractivity contribution in [1.29, 1.82) is 0 Å². The standard InChI is InChI=1S/C37H69NO7/c1-6-8-10-12-14-16-18-20-22-24-26-28-36(40)45-33(31-43-30-29-34(37(41)42)38(3,4)5)32-44-35(39)27-25-23-21-19-17-15-13-11-9-7-2/h13,15,33-34H,6-12,14,16-32H2,1-5H3/b15-13+. The Hall–Kier alpha value is -1.93. The van der Waals surface area contributed by atoms with Gasteiger partial charge < -0.3 is 28.6 Å². The molecular formula is C37H69NO7. The molecule has 0 saturated heterocycles. The smallest absolute Gasteiger partial charge is 0.306 e. The van der Waals surface area contributed by atoms with E-state index in [0.717, 1.165) is 57.8 Å². The Balaban J connectivity index is 4.46. The van der Waals surface area contributed by atoms with E-state index in [0.29, 0.717) is 12.8 Å². The van der Waals surface area contributed by atoms with E-state index in [2.05, 4.69) is 26.0 Å². The minimum Gasteiger partial charge on any atom is -0.544 e. The highest BCUT2D eigenvalue weighted by molar-refractivity contribution is 5.70. The van der Waals surface area contributed by atoms with E-state index in [9.17, 15) is 19.5 Å². The molecule has 0 aliphatic rings. The first-order valence-electron chi connectivity index (χ1n) is 18.2. The zero-order valence-corrected chi connectivity index (χ0v) is 29.8. The molecule has 0 radical (unpaired) electrons. The van der Waals surface area contributed by atoms with Crippen LogP contribution >= 0.6 is 0 Å². The predicted octanol–water partition coefficient (Wildman–Crippen LogP) is 7.46. The average molecular weight is 640 g/mol. The molecule has 0 bridgehead atoms. The molecule has 0 saturated carbocycles. The third-order valence-corrected chi connectivity index (χ3v) is 8.15. The van der Waals surface area contributed by atoms with Crippen LogP contribution in [0.2, 0.25) is 0 Å². The molecule has 0 spiro atoms. The molecular weight excluding hydrogens is 570 g/mol. The molecule has 0 aliphatic heterocycles. The van der Waals surface area contributed by atoms with Gasteiger partial charge in [-0.2, -0.15) is 0 Å². The minimum absolute atomic E-state index is 0.0416. The van der Waals surface area contributed by atoms with Gasteiger partial charge in [-0.3, -0.25) is 9.59 Å². The monoisotopic (exact) mass is 640 g/mol. The molecule has 2 atom stereocenters. The van der Waals surface area contributed by atoms with Crippen molar-refractivity contribution >= 4 is 17.9 Å². The van der Waals surface area contributed by atoms with Crippen molar-refractivity contribution in [2.75, 3.05) is 41.0 Å². The van der Waals surface area contributed by atoms with Crippen molar-refractivity contribution in [3.05, 3.63) is 12.2 Å². The van der Waals surface area contributed by atoms with Gasteiger partial charge in [0.05, 0.1) is 40.3 Å². The second kappa shape index (κ2) is 29.5. The molecule has 0 fully saturated rings. The summed E-state index contributed by atoms with van der Waals surface area (Å²) in [6.45, 7) is 4.58. The second-order valence-electron chi connectivity index (χ2n) is 13.5. The number of carbonyl (C=O) groups excluding carboxylic acids is 3. The molecule has 0 heterocycles. The van der Waals surface area contributed by atoms with Crippen molar-refractivity contribution in [2.24, 2.45) is 0 Å². The van der Waals surface area contributed by atoms with Crippen LogP contribution in [-0.4, -0.2) is 75.5 Å². The van der Waals surface area contributed by atoms with Gasteiger partial charge in [0.2, 0.25) is 0 Å². The molecule has 2 unspecified atom stereocenters. The molecule has 0 aliphatic carbocycles. The number of allylic oxidation sites excluding steroid dienone is 2. The third kappa shape index (κ3) is 28.1. The number of carboxylic acids is 1. The van der Waals surface area contributed by atoms with Crippen molar-refractivity contribution in [3.63, 3.8) is 0 Å². The number of esters is 2. The first kappa shape index (κ1) is 43.1. The zero-order valence-electron chi connectivity index (χ0n) is 29.8. The van der Waals surface area contributed by atoms with E-state index in [4.69, 9.17) is 14.2 Å². The van der Waals surface area contributed by atoms with E-state index < -0.39 is 18.1 Å².